The highest BCUT2D eigenvalue weighted by atomic mass is 19.3. The van der Waals surface area contributed by atoms with Crippen molar-refractivity contribution in [3.05, 3.63) is 35.6 Å². The molecule has 0 atom stereocenters. The molecule has 144 valence electrons. The molecule has 27 heavy (non-hydrogen) atoms. The summed E-state index contributed by atoms with van der Waals surface area (Å²) >= 11 is 0. The van der Waals surface area contributed by atoms with Crippen LogP contribution in [0.15, 0.2) is 24.3 Å². The lowest BCUT2D eigenvalue weighted by Crippen LogP contribution is -2.43. The van der Waals surface area contributed by atoms with Gasteiger partial charge in [-0.2, -0.15) is 5.10 Å². The quantitative estimate of drug-likeness (QED) is 0.827. The van der Waals surface area contributed by atoms with Crippen LogP contribution >= 0.6 is 0 Å². The minimum absolute atomic E-state index is 0.238. The number of benzene rings is 1. The van der Waals surface area contributed by atoms with E-state index >= 15 is 0 Å². The number of nitrogens with zero attached hydrogens (tertiary/aromatic N) is 2. The Kier molecular flexibility index (Phi) is 4.36. The number of ether oxygens (including phenoxy) is 1. The van der Waals surface area contributed by atoms with Crippen molar-refractivity contribution in [2.45, 2.75) is 50.0 Å². The maximum absolute atomic E-state index is 13.3. The third kappa shape index (κ3) is 3.52. The Morgan fingerprint density at radius 1 is 1.26 bits per heavy atom. The molecule has 2 saturated carbocycles. The van der Waals surface area contributed by atoms with Crippen molar-refractivity contribution in [2.75, 3.05) is 5.32 Å². The molecular formula is C19H20F3N3O2. The van der Waals surface area contributed by atoms with Crippen LogP contribution in [0.3, 0.4) is 0 Å². The summed E-state index contributed by atoms with van der Waals surface area (Å²) in [7, 11) is 1.75. The monoisotopic (exact) mass is 379 g/mol. The van der Waals surface area contributed by atoms with E-state index in [1.807, 2.05) is 0 Å². The lowest BCUT2D eigenvalue weighted by molar-refractivity contribution is -0.142. The average Bonchev–Trinajstić information content (AvgIpc) is 2.81. The normalized spacial score (nSPS) is 19.3. The minimum atomic E-state index is -2.75. The van der Waals surface area contributed by atoms with Gasteiger partial charge in [0, 0.05) is 31.0 Å². The van der Waals surface area contributed by atoms with Crippen molar-refractivity contribution >= 4 is 11.9 Å². The number of nitrogens with one attached hydrogen (secondary N) is 1. The van der Waals surface area contributed by atoms with E-state index in [1.165, 1.54) is 12.1 Å². The molecule has 2 aliphatic rings. The molecule has 4 rings (SSSR count). The van der Waals surface area contributed by atoms with E-state index in [9.17, 15) is 18.0 Å². The summed E-state index contributed by atoms with van der Waals surface area (Å²) in [5, 5.41) is 7.01. The number of hydrogen-bond donors (Lipinski definition) is 1. The van der Waals surface area contributed by atoms with Crippen LogP contribution in [0.25, 0.3) is 11.3 Å². The molecule has 1 aromatic carbocycles. The van der Waals surface area contributed by atoms with Gasteiger partial charge in [0.25, 0.3) is 5.92 Å². The first-order valence-electron chi connectivity index (χ1n) is 9.01. The smallest absolute Gasteiger partial charge is 0.413 e. The van der Waals surface area contributed by atoms with Gasteiger partial charge < -0.3 is 4.74 Å². The van der Waals surface area contributed by atoms with Gasteiger partial charge in [0.1, 0.15) is 11.9 Å². The molecule has 1 aromatic heterocycles. The first-order chi connectivity index (χ1) is 12.8. The molecule has 0 unspecified atom stereocenters. The van der Waals surface area contributed by atoms with Gasteiger partial charge in [0.05, 0.1) is 5.69 Å². The van der Waals surface area contributed by atoms with Gasteiger partial charge >= 0.3 is 6.09 Å². The molecule has 0 radical (unpaired) electrons. The summed E-state index contributed by atoms with van der Waals surface area (Å²) < 4.78 is 45.8. The maximum atomic E-state index is 13.3. The van der Waals surface area contributed by atoms with Crippen LogP contribution in [0.4, 0.5) is 23.8 Å². The number of alkyl halides is 2. The summed E-state index contributed by atoms with van der Waals surface area (Å²) in [6.07, 6.45) is 0.588. The van der Waals surface area contributed by atoms with Gasteiger partial charge in [-0.1, -0.05) is 6.42 Å². The lowest BCUT2D eigenvalue weighted by atomic mass is 9.79. The zero-order chi connectivity index (χ0) is 19.2. The Bertz CT molecular complexity index is 852. The van der Waals surface area contributed by atoms with E-state index in [2.05, 4.69) is 10.4 Å². The number of rotatable bonds is 4. The first kappa shape index (κ1) is 17.9. The van der Waals surface area contributed by atoms with Gasteiger partial charge in [-0.3, -0.25) is 10.00 Å². The summed E-state index contributed by atoms with van der Waals surface area (Å²) in [5.74, 6) is -2.46. The number of carbonyl (C=O) groups excluding carboxylic acids is 1. The van der Waals surface area contributed by atoms with E-state index in [0.29, 0.717) is 5.82 Å². The van der Waals surface area contributed by atoms with Crippen molar-refractivity contribution in [3.63, 3.8) is 0 Å². The zero-order valence-corrected chi connectivity index (χ0v) is 14.8. The van der Waals surface area contributed by atoms with Crippen LogP contribution in [0, 0.1) is 5.82 Å². The van der Waals surface area contributed by atoms with Gasteiger partial charge in [-0.05, 0) is 43.0 Å². The third-order valence-corrected chi connectivity index (χ3v) is 5.26. The Morgan fingerprint density at radius 3 is 2.48 bits per heavy atom. The molecule has 0 spiro atoms. The number of carbonyl (C=O) groups is 1. The average molecular weight is 379 g/mol. The fraction of sp³-hybridized carbons (Fsp3) is 0.474. The van der Waals surface area contributed by atoms with Crippen molar-refractivity contribution in [1.82, 2.24) is 9.78 Å². The predicted molar refractivity (Wildman–Crippen MR) is 93.3 cm³/mol. The number of halogens is 3. The van der Waals surface area contributed by atoms with E-state index in [0.717, 1.165) is 36.1 Å². The molecule has 0 bridgehead atoms. The summed E-state index contributed by atoms with van der Waals surface area (Å²) in [4.78, 5) is 12.1. The molecule has 2 aliphatic carbocycles. The lowest BCUT2D eigenvalue weighted by Gasteiger charge is -2.34. The summed E-state index contributed by atoms with van der Waals surface area (Å²) in [6, 6.07) is 6.11. The minimum Gasteiger partial charge on any atom is -0.445 e. The van der Waals surface area contributed by atoms with Crippen LogP contribution in [0.2, 0.25) is 0 Å². The number of aryl methyl sites for hydroxylation is 1. The zero-order valence-electron chi connectivity index (χ0n) is 14.8. The second-order valence-electron chi connectivity index (χ2n) is 7.29. The standard InChI is InChI=1S/C19H20F3N3O2/c1-25-16(12-5-7-13(20)8-6-12)15(11-3-2-4-11)17(24-25)23-18(26)27-14-9-19(21,22)10-14/h5-8,11,14H,2-4,9-10H2,1H3,(H,23,24,26). The van der Waals surface area contributed by atoms with Crippen molar-refractivity contribution in [1.29, 1.82) is 0 Å². The van der Waals surface area contributed by atoms with Gasteiger partial charge in [0.2, 0.25) is 0 Å². The predicted octanol–water partition coefficient (Wildman–Crippen LogP) is 4.84. The van der Waals surface area contributed by atoms with Crippen LogP contribution in [0.5, 0.6) is 0 Å². The topological polar surface area (TPSA) is 56.2 Å². The van der Waals surface area contributed by atoms with Crippen LogP contribution in [0.1, 0.15) is 43.6 Å². The summed E-state index contributed by atoms with van der Waals surface area (Å²) in [6.45, 7) is 0. The van der Waals surface area contributed by atoms with Crippen LogP contribution < -0.4 is 5.32 Å². The second kappa shape index (κ2) is 6.58. The number of amides is 1. The Labute approximate surface area is 154 Å². The van der Waals surface area contributed by atoms with Gasteiger partial charge in [0.15, 0.2) is 5.82 Å². The molecule has 2 aromatic rings. The van der Waals surface area contributed by atoms with Crippen molar-refractivity contribution < 1.29 is 22.7 Å². The second-order valence-corrected chi connectivity index (χ2v) is 7.29. The van der Waals surface area contributed by atoms with E-state index in [1.54, 1.807) is 23.9 Å². The largest absolute Gasteiger partial charge is 0.445 e. The fourth-order valence-corrected chi connectivity index (χ4v) is 3.63. The number of anilines is 1. The Hall–Kier alpha value is -2.51. The SMILES string of the molecule is Cn1nc(NC(=O)OC2CC(F)(F)C2)c(C2CCC2)c1-c1ccc(F)cc1. The molecular weight excluding hydrogens is 359 g/mol. The van der Waals surface area contributed by atoms with Gasteiger partial charge in [-0.25, -0.2) is 18.0 Å². The van der Waals surface area contributed by atoms with Crippen molar-refractivity contribution in [2.24, 2.45) is 7.05 Å². The molecule has 2 fully saturated rings. The molecule has 8 heteroatoms. The van der Waals surface area contributed by atoms with E-state index in [4.69, 9.17) is 4.74 Å². The molecule has 0 aliphatic heterocycles. The van der Waals surface area contributed by atoms with Crippen molar-refractivity contribution in [3.8, 4) is 11.3 Å². The highest BCUT2D eigenvalue weighted by molar-refractivity contribution is 5.87. The van der Waals surface area contributed by atoms with Crippen LogP contribution in [-0.4, -0.2) is 27.9 Å². The first-order valence-corrected chi connectivity index (χ1v) is 9.01. The van der Waals surface area contributed by atoms with E-state index < -0.39 is 31.0 Å². The summed E-state index contributed by atoms with van der Waals surface area (Å²) in [5.41, 5.74) is 2.49. The Morgan fingerprint density at radius 2 is 1.93 bits per heavy atom. The molecule has 1 N–H and O–H groups in total. The highest BCUT2D eigenvalue weighted by Crippen LogP contribution is 2.45. The fourth-order valence-electron chi connectivity index (χ4n) is 3.63. The molecule has 5 nitrogen and oxygen atoms in total. The Balaban J connectivity index is 1.58. The van der Waals surface area contributed by atoms with Gasteiger partial charge in [-0.15, -0.1) is 0 Å². The number of aromatic nitrogens is 2. The number of hydrogen-bond acceptors (Lipinski definition) is 3. The van der Waals surface area contributed by atoms with Crippen LogP contribution in [-0.2, 0) is 11.8 Å². The maximum Gasteiger partial charge on any atom is 0.413 e. The third-order valence-electron chi connectivity index (χ3n) is 5.26. The highest BCUT2D eigenvalue weighted by Gasteiger charge is 2.47. The molecule has 0 saturated heterocycles. The molecule has 1 heterocycles. The van der Waals surface area contributed by atoms with E-state index in [-0.39, 0.29) is 11.7 Å². The molecule has 1 amide bonds.